The molecule has 102 valence electrons. The second-order valence-electron chi connectivity index (χ2n) is 6.03. The van der Waals surface area contributed by atoms with Crippen molar-refractivity contribution in [1.82, 2.24) is 9.80 Å². The molecule has 17 heavy (non-hydrogen) atoms. The van der Waals surface area contributed by atoms with Gasteiger partial charge in [0.15, 0.2) is 0 Å². The van der Waals surface area contributed by atoms with Crippen LogP contribution in [0.25, 0.3) is 0 Å². The van der Waals surface area contributed by atoms with Crippen LogP contribution in [0.15, 0.2) is 0 Å². The van der Waals surface area contributed by atoms with E-state index in [1.807, 2.05) is 0 Å². The number of nitrogens with zero attached hydrogens (tertiary/aromatic N) is 2. The average Bonchev–Trinajstić information content (AvgIpc) is 2.62. The highest BCUT2D eigenvalue weighted by atomic mass is 15.3. The van der Waals surface area contributed by atoms with Gasteiger partial charge in [-0.15, -0.1) is 0 Å². The average molecular weight is 241 g/mol. The first-order valence-corrected chi connectivity index (χ1v) is 7.11. The molecule has 0 bridgehead atoms. The monoisotopic (exact) mass is 241 g/mol. The fourth-order valence-corrected chi connectivity index (χ4v) is 3.32. The van der Waals surface area contributed by atoms with Crippen LogP contribution in [0.5, 0.6) is 0 Å². The summed E-state index contributed by atoms with van der Waals surface area (Å²) in [5.41, 5.74) is 6.00. The molecular weight excluding hydrogens is 210 g/mol. The Kier molecular flexibility index (Phi) is 5.90. The van der Waals surface area contributed by atoms with Gasteiger partial charge in [0, 0.05) is 31.7 Å². The van der Waals surface area contributed by atoms with Crippen molar-refractivity contribution in [2.75, 3.05) is 33.7 Å². The van der Waals surface area contributed by atoms with Crippen LogP contribution < -0.4 is 5.73 Å². The highest BCUT2D eigenvalue weighted by Gasteiger charge is 2.35. The van der Waals surface area contributed by atoms with Crippen molar-refractivity contribution in [1.29, 1.82) is 0 Å². The Morgan fingerprint density at radius 3 is 2.41 bits per heavy atom. The van der Waals surface area contributed by atoms with E-state index in [1.54, 1.807) is 0 Å². The van der Waals surface area contributed by atoms with Crippen molar-refractivity contribution in [3.8, 4) is 0 Å². The van der Waals surface area contributed by atoms with Crippen molar-refractivity contribution < 1.29 is 0 Å². The normalized spacial score (nSPS) is 29.8. The van der Waals surface area contributed by atoms with E-state index in [9.17, 15) is 0 Å². The lowest BCUT2D eigenvalue weighted by molar-refractivity contribution is 0.166. The van der Waals surface area contributed by atoms with Gasteiger partial charge in [-0.3, -0.25) is 4.90 Å². The summed E-state index contributed by atoms with van der Waals surface area (Å²) in [5.74, 6) is 1.48. The molecule has 0 amide bonds. The lowest BCUT2D eigenvalue weighted by Gasteiger charge is -2.32. The van der Waals surface area contributed by atoms with E-state index in [4.69, 9.17) is 5.73 Å². The van der Waals surface area contributed by atoms with Crippen LogP contribution in [-0.4, -0.2) is 55.6 Å². The molecule has 4 unspecified atom stereocenters. The van der Waals surface area contributed by atoms with Crippen molar-refractivity contribution in [3.63, 3.8) is 0 Å². The second-order valence-corrected chi connectivity index (χ2v) is 6.03. The number of rotatable bonds is 6. The van der Waals surface area contributed by atoms with Crippen LogP contribution in [0.1, 0.15) is 33.6 Å². The zero-order chi connectivity index (χ0) is 13.0. The summed E-state index contributed by atoms with van der Waals surface area (Å²) < 4.78 is 0. The highest BCUT2D eigenvalue weighted by molar-refractivity contribution is 4.91. The Morgan fingerprint density at radius 2 is 2.00 bits per heavy atom. The third kappa shape index (κ3) is 3.67. The summed E-state index contributed by atoms with van der Waals surface area (Å²) in [4.78, 5) is 4.98. The molecule has 1 rings (SSSR count). The largest absolute Gasteiger partial charge is 0.329 e. The molecule has 0 aliphatic carbocycles. The molecule has 0 saturated carbocycles. The van der Waals surface area contributed by atoms with Crippen LogP contribution in [-0.2, 0) is 0 Å². The Hall–Kier alpha value is -0.120. The van der Waals surface area contributed by atoms with Crippen LogP contribution >= 0.6 is 0 Å². The van der Waals surface area contributed by atoms with Gasteiger partial charge in [0.25, 0.3) is 0 Å². The van der Waals surface area contributed by atoms with Gasteiger partial charge in [-0.2, -0.15) is 0 Å². The Morgan fingerprint density at radius 1 is 1.35 bits per heavy atom. The molecule has 0 aromatic carbocycles. The summed E-state index contributed by atoms with van der Waals surface area (Å²) in [6.45, 7) is 10.2. The highest BCUT2D eigenvalue weighted by Crippen LogP contribution is 2.25. The van der Waals surface area contributed by atoms with E-state index in [1.165, 1.54) is 25.9 Å². The van der Waals surface area contributed by atoms with Gasteiger partial charge in [-0.1, -0.05) is 27.2 Å². The third-order valence-electron chi connectivity index (χ3n) is 4.38. The summed E-state index contributed by atoms with van der Waals surface area (Å²) in [6, 6.07) is 1.26. The Bertz CT molecular complexity index is 218. The molecule has 1 heterocycles. The van der Waals surface area contributed by atoms with Gasteiger partial charge in [-0.25, -0.2) is 0 Å². The molecule has 1 saturated heterocycles. The van der Waals surface area contributed by atoms with E-state index in [-0.39, 0.29) is 0 Å². The van der Waals surface area contributed by atoms with E-state index in [2.05, 4.69) is 44.7 Å². The molecule has 1 aliphatic heterocycles. The molecule has 0 radical (unpaired) electrons. The van der Waals surface area contributed by atoms with Crippen molar-refractivity contribution in [2.45, 2.75) is 45.7 Å². The molecule has 3 nitrogen and oxygen atoms in total. The number of likely N-dealkylation sites (N-methyl/N-ethyl adjacent to an activating group) is 1. The molecule has 0 aromatic rings. The Balaban J connectivity index is 2.60. The molecule has 0 spiro atoms. The van der Waals surface area contributed by atoms with E-state index < -0.39 is 0 Å². The smallest absolute Gasteiger partial charge is 0.0254 e. The van der Waals surface area contributed by atoms with Gasteiger partial charge in [0.05, 0.1) is 0 Å². The van der Waals surface area contributed by atoms with E-state index in [0.29, 0.717) is 12.1 Å². The zero-order valence-corrected chi connectivity index (χ0v) is 12.3. The first-order valence-electron chi connectivity index (χ1n) is 7.11. The van der Waals surface area contributed by atoms with Crippen molar-refractivity contribution >= 4 is 0 Å². The quantitative estimate of drug-likeness (QED) is 0.767. The van der Waals surface area contributed by atoms with Crippen LogP contribution in [0.3, 0.4) is 0 Å². The number of likely N-dealkylation sites (tertiary alicyclic amines) is 1. The molecule has 1 fully saturated rings. The summed E-state index contributed by atoms with van der Waals surface area (Å²) >= 11 is 0. The van der Waals surface area contributed by atoms with Crippen LogP contribution in [0, 0.1) is 11.8 Å². The zero-order valence-electron chi connectivity index (χ0n) is 12.3. The maximum absolute atomic E-state index is 6.00. The van der Waals surface area contributed by atoms with Gasteiger partial charge < -0.3 is 10.6 Å². The number of nitrogens with two attached hydrogens (primary N) is 1. The number of hydrogen-bond donors (Lipinski definition) is 1. The van der Waals surface area contributed by atoms with Crippen LogP contribution in [0.4, 0.5) is 0 Å². The molecule has 0 aromatic heterocycles. The van der Waals surface area contributed by atoms with Gasteiger partial charge in [0.1, 0.15) is 0 Å². The molecule has 4 atom stereocenters. The standard InChI is InChI=1S/C14H31N3/c1-6-7-11(2)13(8-15)17-9-12(3)14(10-17)16(4)5/h11-14H,6-10,15H2,1-5H3. The predicted molar refractivity (Wildman–Crippen MR) is 75.1 cm³/mol. The first-order chi connectivity index (χ1) is 8.01. The maximum atomic E-state index is 6.00. The van der Waals surface area contributed by atoms with Gasteiger partial charge in [0.2, 0.25) is 0 Å². The maximum Gasteiger partial charge on any atom is 0.0254 e. The van der Waals surface area contributed by atoms with E-state index >= 15 is 0 Å². The predicted octanol–water partition coefficient (Wildman–Crippen LogP) is 1.63. The topological polar surface area (TPSA) is 32.5 Å². The second kappa shape index (κ2) is 6.72. The molecular formula is C14H31N3. The fraction of sp³-hybridized carbons (Fsp3) is 1.00. The number of hydrogen-bond acceptors (Lipinski definition) is 3. The third-order valence-corrected chi connectivity index (χ3v) is 4.38. The first kappa shape index (κ1) is 14.9. The fourth-order valence-electron chi connectivity index (χ4n) is 3.32. The lowest BCUT2D eigenvalue weighted by Crippen LogP contribution is -2.45. The summed E-state index contributed by atoms with van der Waals surface area (Å²) in [5, 5.41) is 0. The Labute approximate surface area is 107 Å². The lowest BCUT2D eigenvalue weighted by atomic mass is 9.96. The SMILES string of the molecule is CCCC(C)C(CN)N1CC(C)C(N(C)C)C1. The van der Waals surface area contributed by atoms with Gasteiger partial charge in [-0.05, 0) is 32.4 Å². The molecule has 1 aliphatic rings. The van der Waals surface area contributed by atoms with E-state index in [0.717, 1.165) is 18.4 Å². The minimum absolute atomic E-state index is 0.572. The molecule has 3 heteroatoms. The van der Waals surface area contributed by atoms with Crippen LogP contribution in [0.2, 0.25) is 0 Å². The van der Waals surface area contributed by atoms with Gasteiger partial charge >= 0.3 is 0 Å². The van der Waals surface area contributed by atoms with Crippen molar-refractivity contribution in [3.05, 3.63) is 0 Å². The summed E-state index contributed by atoms with van der Waals surface area (Å²) in [7, 11) is 4.38. The minimum atomic E-state index is 0.572. The molecule has 2 N–H and O–H groups in total. The minimum Gasteiger partial charge on any atom is -0.329 e. The van der Waals surface area contributed by atoms with Crippen molar-refractivity contribution in [2.24, 2.45) is 17.6 Å². The summed E-state index contributed by atoms with van der Waals surface area (Å²) in [6.07, 6.45) is 2.55.